The highest BCUT2D eigenvalue weighted by Gasteiger charge is 2.37. The number of likely N-dealkylation sites (tertiary alicyclic amines) is 1. The number of fused-ring (bicyclic) bond motifs is 1. The van der Waals surface area contributed by atoms with Crippen LogP contribution < -0.4 is 0 Å². The average molecular weight is 195 g/mol. The molecule has 2 heteroatoms. The Hall–Kier alpha value is -0.370. The third-order valence-electron chi connectivity index (χ3n) is 3.75. The molecule has 2 aliphatic rings. The molecule has 0 aromatic carbocycles. The maximum absolute atomic E-state index is 10.8. The summed E-state index contributed by atoms with van der Waals surface area (Å²) in [6, 6.07) is 0. The first-order chi connectivity index (χ1) is 6.61. The van der Waals surface area contributed by atoms with Crippen molar-refractivity contribution in [3.05, 3.63) is 0 Å². The molecule has 0 bridgehead atoms. The van der Waals surface area contributed by atoms with Gasteiger partial charge in [0.25, 0.3) is 0 Å². The van der Waals surface area contributed by atoms with Crippen LogP contribution in [-0.4, -0.2) is 30.8 Å². The van der Waals surface area contributed by atoms with E-state index in [9.17, 15) is 4.79 Å². The number of carbonyl (C=O) groups excluding carboxylic acids is 1. The number of rotatable bonds is 3. The summed E-state index contributed by atoms with van der Waals surface area (Å²) in [6.45, 7) is 7.50. The summed E-state index contributed by atoms with van der Waals surface area (Å²) in [7, 11) is 0. The van der Waals surface area contributed by atoms with Crippen LogP contribution in [-0.2, 0) is 4.79 Å². The van der Waals surface area contributed by atoms with Gasteiger partial charge in [-0.05, 0) is 24.7 Å². The Morgan fingerprint density at radius 3 is 2.36 bits per heavy atom. The van der Waals surface area contributed by atoms with Crippen LogP contribution in [0.2, 0.25) is 0 Å². The van der Waals surface area contributed by atoms with Crippen molar-refractivity contribution in [2.24, 2.45) is 17.3 Å². The minimum Gasteiger partial charge on any atom is -0.303 e. The minimum atomic E-state index is -0.154. The molecule has 2 atom stereocenters. The molecular weight excluding hydrogens is 174 g/mol. The number of nitrogens with zero attached hydrogens (tertiary/aromatic N) is 1. The van der Waals surface area contributed by atoms with E-state index in [1.807, 2.05) is 13.8 Å². The van der Waals surface area contributed by atoms with Crippen LogP contribution in [0.15, 0.2) is 0 Å². The molecule has 2 rings (SSSR count). The largest absolute Gasteiger partial charge is 0.303 e. The monoisotopic (exact) mass is 195 g/mol. The second-order valence-electron chi connectivity index (χ2n) is 5.75. The Morgan fingerprint density at radius 1 is 1.29 bits per heavy atom. The smallest absolute Gasteiger partial charge is 0.126 e. The van der Waals surface area contributed by atoms with Gasteiger partial charge in [-0.15, -0.1) is 0 Å². The Kier molecular flexibility index (Phi) is 2.65. The lowest BCUT2D eigenvalue weighted by atomic mass is 9.95. The standard InChI is InChI=1S/C12H21NO/c1-12(2,9-14)8-13-6-10-4-3-5-11(10)7-13/h9-11H,3-8H2,1-2H3. The van der Waals surface area contributed by atoms with E-state index in [0.717, 1.165) is 24.7 Å². The first-order valence-electron chi connectivity index (χ1n) is 5.79. The van der Waals surface area contributed by atoms with Gasteiger partial charge in [0.2, 0.25) is 0 Å². The molecule has 14 heavy (non-hydrogen) atoms. The summed E-state index contributed by atoms with van der Waals surface area (Å²) in [5.41, 5.74) is -0.154. The summed E-state index contributed by atoms with van der Waals surface area (Å²) in [5, 5.41) is 0. The number of hydrogen-bond acceptors (Lipinski definition) is 2. The van der Waals surface area contributed by atoms with Crippen molar-refractivity contribution in [2.45, 2.75) is 33.1 Å². The maximum Gasteiger partial charge on any atom is 0.126 e. The third-order valence-corrected chi connectivity index (χ3v) is 3.75. The van der Waals surface area contributed by atoms with E-state index < -0.39 is 0 Å². The molecular formula is C12H21NO. The zero-order chi connectivity index (χ0) is 10.2. The molecule has 0 amide bonds. The van der Waals surface area contributed by atoms with Gasteiger partial charge in [-0.3, -0.25) is 0 Å². The van der Waals surface area contributed by atoms with Crippen molar-refractivity contribution in [3.63, 3.8) is 0 Å². The van der Waals surface area contributed by atoms with Gasteiger partial charge < -0.3 is 9.69 Å². The van der Waals surface area contributed by atoms with E-state index in [4.69, 9.17) is 0 Å². The van der Waals surface area contributed by atoms with Crippen molar-refractivity contribution in [3.8, 4) is 0 Å². The molecule has 2 unspecified atom stereocenters. The molecule has 1 saturated carbocycles. The lowest BCUT2D eigenvalue weighted by Crippen LogP contribution is -2.34. The van der Waals surface area contributed by atoms with E-state index >= 15 is 0 Å². The summed E-state index contributed by atoms with van der Waals surface area (Å²) < 4.78 is 0. The molecule has 0 N–H and O–H groups in total. The summed E-state index contributed by atoms with van der Waals surface area (Å²) >= 11 is 0. The van der Waals surface area contributed by atoms with Crippen molar-refractivity contribution >= 4 is 6.29 Å². The van der Waals surface area contributed by atoms with Crippen molar-refractivity contribution in [1.29, 1.82) is 0 Å². The van der Waals surface area contributed by atoms with Gasteiger partial charge in [-0.25, -0.2) is 0 Å². The van der Waals surface area contributed by atoms with E-state index in [-0.39, 0.29) is 5.41 Å². The molecule has 0 radical (unpaired) electrons. The zero-order valence-corrected chi connectivity index (χ0v) is 9.33. The third kappa shape index (κ3) is 2.00. The second-order valence-corrected chi connectivity index (χ2v) is 5.75. The van der Waals surface area contributed by atoms with E-state index in [2.05, 4.69) is 4.90 Å². The number of carbonyl (C=O) groups is 1. The fourth-order valence-electron chi connectivity index (χ4n) is 3.07. The van der Waals surface area contributed by atoms with Crippen LogP contribution in [0.25, 0.3) is 0 Å². The van der Waals surface area contributed by atoms with Crippen molar-refractivity contribution in [2.75, 3.05) is 19.6 Å². The molecule has 2 nitrogen and oxygen atoms in total. The van der Waals surface area contributed by atoms with E-state index in [1.165, 1.54) is 32.4 Å². The van der Waals surface area contributed by atoms with Crippen LogP contribution in [0.5, 0.6) is 0 Å². The molecule has 1 aliphatic carbocycles. The predicted molar refractivity (Wildman–Crippen MR) is 57.1 cm³/mol. The summed E-state index contributed by atoms with van der Waals surface area (Å²) in [6.07, 6.45) is 5.37. The molecule has 0 spiro atoms. The fraction of sp³-hybridized carbons (Fsp3) is 0.917. The Morgan fingerprint density at radius 2 is 1.86 bits per heavy atom. The molecule has 1 aliphatic heterocycles. The number of hydrogen-bond donors (Lipinski definition) is 0. The highest BCUT2D eigenvalue weighted by Crippen LogP contribution is 2.38. The SMILES string of the molecule is CC(C)(C=O)CN1CC2CCCC2C1. The quantitative estimate of drug-likeness (QED) is 0.641. The van der Waals surface area contributed by atoms with Gasteiger partial charge in [0.15, 0.2) is 0 Å². The van der Waals surface area contributed by atoms with Crippen LogP contribution in [0.1, 0.15) is 33.1 Å². The van der Waals surface area contributed by atoms with Gasteiger partial charge in [-0.1, -0.05) is 20.3 Å². The van der Waals surface area contributed by atoms with Crippen molar-refractivity contribution < 1.29 is 4.79 Å². The second kappa shape index (κ2) is 3.65. The zero-order valence-electron chi connectivity index (χ0n) is 9.33. The van der Waals surface area contributed by atoms with Gasteiger partial charge in [0.05, 0.1) is 0 Å². The first kappa shape index (κ1) is 10.2. The first-order valence-corrected chi connectivity index (χ1v) is 5.79. The molecule has 0 aromatic heterocycles. The van der Waals surface area contributed by atoms with Crippen LogP contribution in [0, 0.1) is 17.3 Å². The Bertz CT molecular complexity index is 212. The Labute approximate surface area is 86.7 Å². The highest BCUT2D eigenvalue weighted by molar-refractivity contribution is 5.58. The van der Waals surface area contributed by atoms with Gasteiger partial charge in [0.1, 0.15) is 6.29 Å². The maximum atomic E-state index is 10.8. The van der Waals surface area contributed by atoms with E-state index in [1.54, 1.807) is 0 Å². The topological polar surface area (TPSA) is 20.3 Å². The normalized spacial score (nSPS) is 33.3. The van der Waals surface area contributed by atoms with Crippen LogP contribution in [0.3, 0.4) is 0 Å². The lowest BCUT2D eigenvalue weighted by Gasteiger charge is -2.25. The molecule has 0 aromatic rings. The minimum absolute atomic E-state index is 0.154. The number of aldehydes is 1. The lowest BCUT2D eigenvalue weighted by molar-refractivity contribution is -0.115. The summed E-state index contributed by atoms with van der Waals surface area (Å²) in [5.74, 6) is 1.88. The van der Waals surface area contributed by atoms with Crippen molar-refractivity contribution in [1.82, 2.24) is 4.90 Å². The van der Waals surface area contributed by atoms with Gasteiger partial charge in [-0.2, -0.15) is 0 Å². The van der Waals surface area contributed by atoms with Gasteiger partial charge >= 0.3 is 0 Å². The van der Waals surface area contributed by atoms with Gasteiger partial charge in [0, 0.05) is 25.0 Å². The van der Waals surface area contributed by atoms with Crippen LogP contribution >= 0.6 is 0 Å². The molecule has 80 valence electrons. The Balaban J connectivity index is 1.87. The molecule has 1 heterocycles. The average Bonchev–Trinajstić information content (AvgIpc) is 2.63. The highest BCUT2D eigenvalue weighted by atomic mass is 16.1. The summed E-state index contributed by atoms with van der Waals surface area (Å²) in [4.78, 5) is 13.3. The molecule has 2 fully saturated rings. The van der Waals surface area contributed by atoms with Crippen LogP contribution in [0.4, 0.5) is 0 Å². The fourth-order valence-corrected chi connectivity index (χ4v) is 3.07. The molecule has 1 saturated heterocycles. The predicted octanol–water partition coefficient (Wildman–Crippen LogP) is 1.94. The van der Waals surface area contributed by atoms with E-state index in [0.29, 0.717) is 0 Å².